The summed E-state index contributed by atoms with van der Waals surface area (Å²) in [6, 6.07) is 9.32. The number of rotatable bonds is 5. The lowest BCUT2D eigenvalue weighted by atomic mass is 10.1. The first kappa shape index (κ1) is 25.6. The zero-order valence-corrected chi connectivity index (χ0v) is 21.9. The summed E-state index contributed by atoms with van der Waals surface area (Å²) in [7, 11) is 0. The summed E-state index contributed by atoms with van der Waals surface area (Å²) in [4.78, 5) is 34.4. The van der Waals surface area contributed by atoms with E-state index < -0.39 is 5.60 Å². The van der Waals surface area contributed by atoms with E-state index in [1.54, 1.807) is 11.0 Å². The molecule has 0 atom stereocenters. The summed E-state index contributed by atoms with van der Waals surface area (Å²) in [6.07, 6.45) is 0.251. The van der Waals surface area contributed by atoms with Crippen LogP contribution in [0.25, 0.3) is 10.2 Å². The van der Waals surface area contributed by atoms with Gasteiger partial charge in [-0.3, -0.25) is 4.79 Å². The van der Waals surface area contributed by atoms with Gasteiger partial charge in [-0.2, -0.15) is 0 Å². The quantitative estimate of drug-likeness (QED) is 0.475. The molecule has 2 aromatic heterocycles. The van der Waals surface area contributed by atoms with Crippen LogP contribution in [0.2, 0.25) is 0 Å². The molecular weight excluding hydrogens is 478 g/mol. The van der Waals surface area contributed by atoms with E-state index in [4.69, 9.17) is 10.5 Å². The van der Waals surface area contributed by atoms with Gasteiger partial charge in [0, 0.05) is 43.8 Å². The Labute approximate surface area is 214 Å². The zero-order valence-electron chi connectivity index (χ0n) is 21.1. The number of thiophene rings is 1. The van der Waals surface area contributed by atoms with Crippen LogP contribution in [-0.4, -0.2) is 65.3 Å². The number of piperazine rings is 1. The number of nitrogen functional groups attached to an aromatic ring is 1. The number of amides is 2. The molecule has 4 N–H and O–H groups in total. The van der Waals surface area contributed by atoms with Crippen LogP contribution in [0.15, 0.2) is 30.3 Å². The average molecular weight is 512 g/mol. The lowest BCUT2D eigenvalue weighted by Crippen LogP contribution is -2.50. The number of ether oxygens (including phenoxy) is 1. The van der Waals surface area contributed by atoms with Crippen LogP contribution >= 0.6 is 11.3 Å². The van der Waals surface area contributed by atoms with E-state index in [0.717, 1.165) is 27.2 Å². The SMILES string of the molecule is Cc1ccc2c(N)c(C(=O)NCCc3ccc(N4CCN(C(=O)OC(C)(C)C)CC4)c(O)c3)sc2n1. The molecule has 2 amide bonds. The fraction of sp³-hybridized carbons (Fsp3) is 0.423. The second-order valence-corrected chi connectivity index (χ2v) is 10.9. The molecular formula is C26H33N5O4S. The molecule has 3 heterocycles. The number of phenols is 1. The lowest BCUT2D eigenvalue weighted by molar-refractivity contribution is 0.0240. The number of fused-ring (bicyclic) bond motifs is 1. The minimum Gasteiger partial charge on any atom is -0.506 e. The molecule has 0 bridgehead atoms. The molecule has 192 valence electrons. The number of pyridine rings is 1. The van der Waals surface area contributed by atoms with E-state index in [2.05, 4.69) is 15.2 Å². The van der Waals surface area contributed by atoms with Gasteiger partial charge in [0.2, 0.25) is 0 Å². The van der Waals surface area contributed by atoms with Crippen molar-refractivity contribution in [1.29, 1.82) is 0 Å². The predicted octanol–water partition coefficient (Wildman–Crippen LogP) is 3.92. The van der Waals surface area contributed by atoms with Crippen LogP contribution in [0.4, 0.5) is 16.2 Å². The largest absolute Gasteiger partial charge is 0.506 e. The van der Waals surface area contributed by atoms with Gasteiger partial charge in [0.1, 0.15) is 21.1 Å². The minimum absolute atomic E-state index is 0.180. The Hall–Kier alpha value is -3.53. The molecule has 0 aliphatic carbocycles. The molecule has 1 fully saturated rings. The molecule has 0 spiro atoms. The Balaban J connectivity index is 1.30. The second-order valence-electron chi connectivity index (χ2n) is 9.93. The number of nitrogens with one attached hydrogen (secondary N) is 1. The molecule has 10 heteroatoms. The Kier molecular flexibility index (Phi) is 7.26. The van der Waals surface area contributed by atoms with Gasteiger partial charge in [-0.05, 0) is 63.9 Å². The van der Waals surface area contributed by atoms with Gasteiger partial charge in [0.15, 0.2) is 0 Å². The van der Waals surface area contributed by atoms with Gasteiger partial charge in [-0.1, -0.05) is 6.07 Å². The topological polar surface area (TPSA) is 121 Å². The Bertz CT molecular complexity index is 1280. The second kappa shape index (κ2) is 10.2. The molecule has 36 heavy (non-hydrogen) atoms. The maximum atomic E-state index is 12.7. The first-order valence-electron chi connectivity index (χ1n) is 12.0. The van der Waals surface area contributed by atoms with Crippen LogP contribution in [0.5, 0.6) is 5.75 Å². The number of carbonyl (C=O) groups is 2. The van der Waals surface area contributed by atoms with E-state index in [1.165, 1.54) is 11.3 Å². The fourth-order valence-corrected chi connectivity index (χ4v) is 5.16. The summed E-state index contributed by atoms with van der Waals surface area (Å²) in [5.74, 6) is -0.0448. The van der Waals surface area contributed by atoms with Crippen LogP contribution in [-0.2, 0) is 11.2 Å². The average Bonchev–Trinajstić information content (AvgIpc) is 3.13. The highest BCUT2D eigenvalue weighted by Gasteiger charge is 2.26. The number of aryl methyl sites for hydroxylation is 1. The van der Waals surface area contributed by atoms with Crippen molar-refractivity contribution in [3.63, 3.8) is 0 Å². The van der Waals surface area contributed by atoms with E-state index in [-0.39, 0.29) is 17.7 Å². The van der Waals surface area contributed by atoms with Crippen LogP contribution in [0, 0.1) is 6.92 Å². The van der Waals surface area contributed by atoms with Crippen molar-refractivity contribution in [2.75, 3.05) is 43.4 Å². The maximum Gasteiger partial charge on any atom is 0.410 e. The minimum atomic E-state index is -0.525. The van der Waals surface area contributed by atoms with Crippen LogP contribution < -0.4 is 16.0 Å². The normalized spacial score (nSPS) is 14.2. The third-order valence-corrected chi connectivity index (χ3v) is 7.06. The number of aromatic nitrogens is 1. The molecule has 1 saturated heterocycles. The summed E-state index contributed by atoms with van der Waals surface area (Å²) in [5, 5.41) is 14.4. The van der Waals surface area contributed by atoms with Crippen molar-refractivity contribution >= 4 is 44.9 Å². The van der Waals surface area contributed by atoms with Gasteiger partial charge >= 0.3 is 6.09 Å². The molecule has 1 aliphatic heterocycles. The monoisotopic (exact) mass is 511 g/mol. The number of anilines is 2. The highest BCUT2D eigenvalue weighted by atomic mass is 32.1. The summed E-state index contributed by atoms with van der Waals surface area (Å²) in [6.45, 7) is 10.1. The van der Waals surface area contributed by atoms with Crippen LogP contribution in [0.1, 0.15) is 41.7 Å². The number of benzene rings is 1. The smallest absolute Gasteiger partial charge is 0.410 e. The Morgan fingerprint density at radius 1 is 1.17 bits per heavy atom. The highest BCUT2D eigenvalue weighted by Crippen LogP contribution is 2.33. The number of hydrogen-bond donors (Lipinski definition) is 3. The van der Waals surface area contributed by atoms with Crippen molar-refractivity contribution in [3.8, 4) is 5.75 Å². The maximum absolute atomic E-state index is 12.7. The van der Waals surface area contributed by atoms with E-state index in [9.17, 15) is 14.7 Å². The van der Waals surface area contributed by atoms with Gasteiger partial charge in [0.05, 0.1) is 11.4 Å². The molecule has 1 aliphatic rings. The molecule has 9 nitrogen and oxygen atoms in total. The Morgan fingerprint density at radius 2 is 1.89 bits per heavy atom. The molecule has 4 rings (SSSR count). The molecule has 0 saturated carbocycles. The third kappa shape index (κ3) is 5.81. The number of phenolic OH excluding ortho intramolecular Hbond substituents is 1. The van der Waals surface area contributed by atoms with Crippen LogP contribution in [0.3, 0.4) is 0 Å². The summed E-state index contributed by atoms with van der Waals surface area (Å²) < 4.78 is 5.45. The third-order valence-electron chi connectivity index (χ3n) is 5.95. The molecule has 0 radical (unpaired) electrons. The molecule has 1 aromatic carbocycles. The first-order valence-corrected chi connectivity index (χ1v) is 12.8. The van der Waals surface area contributed by atoms with Crippen molar-refractivity contribution in [2.24, 2.45) is 0 Å². The zero-order chi connectivity index (χ0) is 26.0. The van der Waals surface area contributed by atoms with Crippen molar-refractivity contribution in [3.05, 3.63) is 46.5 Å². The number of nitrogens with two attached hydrogens (primary N) is 1. The van der Waals surface area contributed by atoms with Crippen molar-refractivity contribution < 1.29 is 19.4 Å². The molecule has 3 aromatic rings. The standard InChI is InChI=1S/C26H33N5O4S/c1-16-5-7-18-21(27)22(36-24(18)29-16)23(33)28-10-9-17-6-8-19(20(32)15-17)30-11-13-31(14-12-30)25(34)35-26(2,3)4/h5-8,15,32H,9-14,27H2,1-4H3,(H,28,33). The number of aromatic hydroxyl groups is 1. The number of nitrogens with zero attached hydrogens (tertiary/aromatic N) is 3. The number of hydrogen-bond acceptors (Lipinski definition) is 8. The van der Waals surface area contributed by atoms with Crippen molar-refractivity contribution in [1.82, 2.24) is 15.2 Å². The van der Waals surface area contributed by atoms with E-state index in [1.807, 2.05) is 52.0 Å². The summed E-state index contributed by atoms with van der Waals surface area (Å²) >= 11 is 1.29. The van der Waals surface area contributed by atoms with Crippen molar-refractivity contribution in [2.45, 2.75) is 39.7 Å². The van der Waals surface area contributed by atoms with Gasteiger partial charge < -0.3 is 30.7 Å². The van der Waals surface area contributed by atoms with Gasteiger partial charge in [0.25, 0.3) is 5.91 Å². The number of carbonyl (C=O) groups excluding carboxylic acids is 2. The predicted molar refractivity (Wildman–Crippen MR) is 143 cm³/mol. The Morgan fingerprint density at radius 3 is 2.56 bits per heavy atom. The van der Waals surface area contributed by atoms with E-state index >= 15 is 0 Å². The van der Waals surface area contributed by atoms with Gasteiger partial charge in [-0.25, -0.2) is 9.78 Å². The molecule has 0 unspecified atom stereocenters. The van der Waals surface area contributed by atoms with Gasteiger partial charge in [-0.15, -0.1) is 11.3 Å². The lowest BCUT2D eigenvalue weighted by Gasteiger charge is -2.37. The summed E-state index contributed by atoms with van der Waals surface area (Å²) in [5.41, 5.74) is 8.62. The highest BCUT2D eigenvalue weighted by molar-refractivity contribution is 7.21. The first-order chi connectivity index (χ1) is 17.0. The van der Waals surface area contributed by atoms with E-state index in [0.29, 0.717) is 49.7 Å². The fourth-order valence-electron chi connectivity index (χ4n) is 4.11.